The number of nitrogens with one attached hydrogen (secondary N) is 1. The van der Waals surface area contributed by atoms with Crippen LogP contribution in [0.3, 0.4) is 0 Å². The lowest BCUT2D eigenvalue weighted by Gasteiger charge is -2.34. The number of aryl methyl sites for hydroxylation is 1. The molecule has 0 aliphatic heterocycles. The summed E-state index contributed by atoms with van der Waals surface area (Å²) in [6, 6.07) is 18.1. The largest absolute Gasteiger partial charge is 0.354 e. The number of rotatable bonds is 13. The summed E-state index contributed by atoms with van der Waals surface area (Å²) in [5.74, 6) is -0.960. The van der Waals surface area contributed by atoms with E-state index in [4.69, 9.17) is 34.8 Å². The fourth-order valence-electron chi connectivity index (χ4n) is 4.26. The summed E-state index contributed by atoms with van der Waals surface area (Å²) in [5, 5.41) is 3.95. The van der Waals surface area contributed by atoms with Crippen LogP contribution >= 0.6 is 34.8 Å². The van der Waals surface area contributed by atoms with Crippen LogP contribution in [0.15, 0.2) is 66.7 Å². The van der Waals surface area contributed by atoms with Crippen molar-refractivity contribution >= 4 is 62.3 Å². The maximum Gasteiger partial charge on any atom is 0.244 e. The van der Waals surface area contributed by atoms with E-state index < -0.39 is 28.5 Å². The molecule has 41 heavy (non-hydrogen) atoms. The summed E-state index contributed by atoms with van der Waals surface area (Å²) in [6.07, 6.45) is 2.86. The molecule has 3 aromatic carbocycles. The Balaban J connectivity index is 2.09. The maximum atomic E-state index is 14.1. The van der Waals surface area contributed by atoms with Crippen LogP contribution in [0.4, 0.5) is 5.69 Å². The molecule has 0 saturated heterocycles. The molecule has 0 spiro atoms. The third-order valence-corrected chi connectivity index (χ3v) is 8.87. The van der Waals surface area contributed by atoms with Crippen molar-refractivity contribution in [3.63, 3.8) is 0 Å². The van der Waals surface area contributed by atoms with E-state index in [-0.39, 0.29) is 24.6 Å². The average molecular weight is 639 g/mol. The molecule has 11 heteroatoms. The predicted octanol–water partition coefficient (Wildman–Crippen LogP) is 6.28. The fourth-order valence-corrected chi connectivity index (χ4v) is 5.80. The minimum Gasteiger partial charge on any atom is -0.354 e. The number of anilines is 1. The summed E-state index contributed by atoms with van der Waals surface area (Å²) in [5.41, 5.74) is 2.28. The first-order valence-corrected chi connectivity index (χ1v) is 16.2. The van der Waals surface area contributed by atoms with Crippen LogP contribution in [0.5, 0.6) is 0 Å². The minimum atomic E-state index is -3.91. The predicted molar refractivity (Wildman–Crippen MR) is 167 cm³/mol. The molecule has 1 N–H and O–H groups in total. The molecule has 0 aliphatic rings. The molecule has 2 amide bonds. The lowest BCUT2D eigenvalue weighted by atomic mass is 10.0. The first kappa shape index (κ1) is 32.7. The Hall–Kier alpha value is -2.78. The Labute approximate surface area is 257 Å². The van der Waals surface area contributed by atoms with Gasteiger partial charge in [0, 0.05) is 40.1 Å². The summed E-state index contributed by atoms with van der Waals surface area (Å²) in [4.78, 5) is 29.1. The van der Waals surface area contributed by atoms with Gasteiger partial charge >= 0.3 is 0 Å². The Morgan fingerprint density at radius 3 is 2.17 bits per heavy atom. The first-order valence-electron chi connectivity index (χ1n) is 13.2. The zero-order chi connectivity index (χ0) is 30.2. The van der Waals surface area contributed by atoms with Gasteiger partial charge in [-0.05, 0) is 48.7 Å². The Kier molecular flexibility index (Phi) is 11.9. The van der Waals surface area contributed by atoms with E-state index >= 15 is 0 Å². The number of benzene rings is 3. The maximum absolute atomic E-state index is 14.1. The molecule has 3 rings (SSSR count). The molecule has 0 radical (unpaired) electrons. The molecule has 0 heterocycles. The van der Waals surface area contributed by atoms with Gasteiger partial charge in [0.2, 0.25) is 21.8 Å². The number of hydrogen-bond acceptors (Lipinski definition) is 4. The molecule has 220 valence electrons. The van der Waals surface area contributed by atoms with E-state index in [1.807, 2.05) is 37.3 Å². The average Bonchev–Trinajstić information content (AvgIpc) is 2.92. The van der Waals surface area contributed by atoms with Crippen molar-refractivity contribution < 1.29 is 18.0 Å². The molecule has 0 aliphatic carbocycles. The number of halogens is 3. The van der Waals surface area contributed by atoms with Crippen LogP contribution in [0.1, 0.15) is 36.5 Å². The van der Waals surface area contributed by atoms with Gasteiger partial charge in [-0.1, -0.05) is 90.6 Å². The van der Waals surface area contributed by atoms with Crippen molar-refractivity contribution in [3.05, 3.63) is 98.5 Å². The zero-order valence-corrected chi connectivity index (χ0v) is 26.3. The van der Waals surface area contributed by atoms with Crippen LogP contribution < -0.4 is 9.62 Å². The quantitative estimate of drug-likeness (QED) is 0.223. The van der Waals surface area contributed by atoms with Crippen molar-refractivity contribution in [2.24, 2.45) is 0 Å². The van der Waals surface area contributed by atoms with Gasteiger partial charge in [-0.15, -0.1) is 0 Å². The van der Waals surface area contributed by atoms with Gasteiger partial charge in [-0.25, -0.2) is 8.42 Å². The van der Waals surface area contributed by atoms with Gasteiger partial charge in [0.1, 0.15) is 12.6 Å². The summed E-state index contributed by atoms with van der Waals surface area (Å²) in [7, 11) is -3.91. The van der Waals surface area contributed by atoms with Crippen LogP contribution in [0.25, 0.3) is 0 Å². The molecule has 1 atom stereocenters. The molecule has 3 aromatic rings. The molecule has 0 aromatic heterocycles. The van der Waals surface area contributed by atoms with E-state index in [1.54, 1.807) is 37.3 Å². The normalized spacial score (nSPS) is 12.0. The molecule has 0 saturated carbocycles. The van der Waals surface area contributed by atoms with E-state index in [1.165, 1.54) is 11.0 Å². The zero-order valence-electron chi connectivity index (χ0n) is 23.2. The van der Waals surface area contributed by atoms with Crippen molar-refractivity contribution in [3.8, 4) is 0 Å². The highest BCUT2D eigenvalue weighted by Gasteiger charge is 2.33. The van der Waals surface area contributed by atoms with Crippen molar-refractivity contribution in [2.45, 2.75) is 45.7 Å². The fraction of sp³-hybridized carbons (Fsp3) is 0.333. The molecule has 0 fully saturated rings. The standard InChI is InChI=1S/C30H34Cl3N3O4S/c1-4-5-16-34-30(38)28(17-22-10-7-6-8-11-22)35(19-24-25(31)12-9-13-26(24)32)29(37)20-36(41(3,39)40)23-15-14-21(2)27(33)18-23/h6-15,18,28H,4-5,16-17,19-20H2,1-3H3,(H,34,38)/t28-/m0/s1. The van der Waals surface area contributed by atoms with Crippen molar-refractivity contribution in [1.29, 1.82) is 0 Å². The Morgan fingerprint density at radius 1 is 0.927 bits per heavy atom. The molecule has 7 nitrogen and oxygen atoms in total. The van der Waals surface area contributed by atoms with Gasteiger partial charge in [0.05, 0.1) is 11.9 Å². The number of unbranched alkanes of at least 4 members (excludes halogenated alkanes) is 1. The highest BCUT2D eigenvalue weighted by atomic mass is 35.5. The van der Waals surface area contributed by atoms with Gasteiger partial charge in [-0.3, -0.25) is 13.9 Å². The van der Waals surface area contributed by atoms with E-state index in [2.05, 4.69) is 5.32 Å². The van der Waals surface area contributed by atoms with Gasteiger partial charge in [0.15, 0.2) is 0 Å². The monoisotopic (exact) mass is 637 g/mol. The third kappa shape index (κ3) is 9.10. The van der Waals surface area contributed by atoms with Gasteiger partial charge < -0.3 is 10.2 Å². The second kappa shape index (κ2) is 14.9. The highest BCUT2D eigenvalue weighted by Crippen LogP contribution is 2.29. The Morgan fingerprint density at radius 2 is 1.59 bits per heavy atom. The Bertz CT molecular complexity index is 1450. The van der Waals surface area contributed by atoms with Crippen LogP contribution in [0.2, 0.25) is 15.1 Å². The number of amides is 2. The number of hydrogen-bond donors (Lipinski definition) is 1. The lowest BCUT2D eigenvalue weighted by Crippen LogP contribution is -2.53. The molecule has 0 unspecified atom stereocenters. The summed E-state index contributed by atoms with van der Waals surface area (Å²) < 4.78 is 26.8. The molecule has 0 bridgehead atoms. The second-order valence-electron chi connectivity index (χ2n) is 9.78. The third-order valence-electron chi connectivity index (χ3n) is 6.61. The topological polar surface area (TPSA) is 86.8 Å². The number of carbonyl (C=O) groups is 2. The number of carbonyl (C=O) groups excluding carboxylic acids is 2. The van der Waals surface area contributed by atoms with Crippen LogP contribution in [0, 0.1) is 6.92 Å². The summed E-state index contributed by atoms with van der Waals surface area (Å²) >= 11 is 19.3. The van der Waals surface area contributed by atoms with Gasteiger partial charge in [0.25, 0.3) is 0 Å². The van der Waals surface area contributed by atoms with Crippen LogP contribution in [-0.2, 0) is 32.6 Å². The van der Waals surface area contributed by atoms with E-state index in [0.29, 0.717) is 27.2 Å². The summed E-state index contributed by atoms with van der Waals surface area (Å²) in [6.45, 7) is 3.57. The minimum absolute atomic E-state index is 0.109. The second-order valence-corrected chi connectivity index (χ2v) is 12.9. The smallest absolute Gasteiger partial charge is 0.244 e. The first-order chi connectivity index (χ1) is 19.4. The highest BCUT2D eigenvalue weighted by molar-refractivity contribution is 7.92. The SMILES string of the molecule is CCCCNC(=O)[C@H](Cc1ccccc1)N(Cc1c(Cl)cccc1Cl)C(=O)CN(c1ccc(C)c(Cl)c1)S(C)(=O)=O. The number of sulfonamides is 1. The van der Waals surface area contributed by atoms with Gasteiger partial charge in [-0.2, -0.15) is 0 Å². The molecular formula is C30H34Cl3N3O4S. The van der Waals surface area contributed by atoms with Crippen LogP contribution in [-0.4, -0.2) is 50.5 Å². The van der Waals surface area contributed by atoms with Crippen molar-refractivity contribution in [1.82, 2.24) is 10.2 Å². The van der Waals surface area contributed by atoms with E-state index in [9.17, 15) is 18.0 Å². The lowest BCUT2D eigenvalue weighted by molar-refractivity contribution is -0.140. The molecular weight excluding hydrogens is 605 g/mol. The van der Waals surface area contributed by atoms with E-state index in [0.717, 1.165) is 34.5 Å². The van der Waals surface area contributed by atoms with Crippen molar-refractivity contribution in [2.75, 3.05) is 23.7 Å². The number of nitrogens with zero attached hydrogens (tertiary/aromatic N) is 2.